The minimum atomic E-state index is -0.357. The third-order valence-electron chi connectivity index (χ3n) is 4.84. The second-order valence-corrected chi connectivity index (χ2v) is 12.4. The zero-order valence-electron chi connectivity index (χ0n) is 16.3. The van der Waals surface area contributed by atoms with Gasteiger partial charge in [0, 0.05) is 3.57 Å². The van der Waals surface area contributed by atoms with Crippen LogP contribution in [0.4, 0.5) is 0 Å². The van der Waals surface area contributed by atoms with E-state index in [1.807, 2.05) is 72.8 Å². The average molecular weight is 775 g/mol. The van der Waals surface area contributed by atoms with Crippen molar-refractivity contribution in [1.82, 2.24) is 0 Å². The lowest BCUT2D eigenvalue weighted by Gasteiger charge is -2.19. The van der Waals surface area contributed by atoms with Gasteiger partial charge in [-0.1, -0.05) is 24.3 Å². The van der Waals surface area contributed by atoms with Crippen LogP contribution in [0.1, 0.15) is 10.4 Å². The van der Waals surface area contributed by atoms with Crippen molar-refractivity contribution >= 4 is 84.6 Å². The molecule has 0 amide bonds. The number of carbonyl (C=O) groups excluding carboxylic acids is 1. The van der Waals surface area contributed by atoms with Gasteiger partial charge in [0.15, 0.2) is 22.1 Å². The minimum Gasteiger partial charge on any atom is -0.447 e. The molecule has 1 aliphatic heterocycles. The Kier molecular flexibility index (Phi) is 6.68. The molecule has 1 aliphatic rings. The molecule has 0 unspecified atom stereocenters. The predicted molar refractivity (Wildman–Crippen MR) is 151 cm³/mol. The van der Waals surface area contributed by atoms with Crippen LogP contribution in [0.15, 0.2) is 99.6 Å². The number of halogens is 3. The molecule has 0 fully saturated rings. The molecule has 0 aromatic heterocycles. The van der Waals surface area contributed by atoms with Gasteiger partial charge in [-0.25, -0.2) is 4.79 Å². The number of hydrogen-bond donors (Lipinski definition) is 0. The van der Waals surface area contributed by atoms with Crippen LogP contribution < -0.4 is 9.47 Å². The SMILES string of the molecule is O=C(Oc1c(I)cc(I)cc1I)c1ccc([S+]2c3ccccc3Oc3ccccc32)cc1. The van der Waals surface area contributed by atoms with Gasteiger partial charge in [0.2, 0.25) is 9.79 Å². The number of hydrogen-bond acceptors (Lipinski definition) is 3. The number of esters is 1. The van der Waals surface area contributed by atoms with Crippen LogP contribution in [0.25, 0.3) is 0 Å². The molecule has 0 bridgehead atoms. The first kappa shape index (κ1) is 22.5. The molecular weight excluding hydrogens is 761 g/mol. The maximum atomic E-state index is 12.8. The highest BCUT2D eigenvalue weighted by molar-refractivity contribution is 14.1. The van der Waals surface area contributed by atoms with E-state index in [1.165, 1.54) is 0 Å². The summed E-state index contributed by atoms with van der Waals surface area (Å²) in [6.45, 7) is 0. The zero-order chi connectivity index (χ0) is 22.2. The van der Waals surface area contributed by atoms with E-state index in [1.54, 1.807) is 0 Å². The molecule has 0 radical (unpaired) electrons. The highest BCUT2D eigenvalue weighted by atomic mass is 127. The Hall–Kier alpha value is -1.31. The van der Waals surface area contributed by atoms with Gasteiger partial charge in [-0.2, -0.15) is 0 Å². The molecule has 0 atom stereocenters. The van der Waals surface area contributed by atoms with Crippen LogP contribution in [-0.4, -0.2) is 5.97 Å². The van der Waals surface area contributed by atoms with E-state index in [0.29, 0.717) is 11.3 Å². The summed E-state index contributed by atoms with van der Waals surface area (Å²) in [6, 6.07) is 28.0. The largest absolute Gasteiger partial charge is 0.447 e. The van der Waals surface area contributed by atoms with Crippen LogP contribution in [0.2, 0.25) is 0 Å². The quantitative estimate of drug-likeness (QED) is 0.0810. The molecule has 4 aromatic rings. The van der Waals surface area contributed by atoms with Crippen LogP contribution in [0.5, 0.6) is 17.2 Å². The van der Waals surface area contributed by atoms with Crippen molar-refractivity contribution in [3.8, 4) is 17.2 Å². The molecule has 7 heteroatoms. The Morgan fingerprint density at radius 1 is 0.750 bits per heavy atom. The maximum absolute atomic E-state index is 12.8. The van der Waals surface area contributed by atoms with Crippen molar-refractivity contribution in [3.05, 3.63) is 101 Å². The fourth-order valence-corrected chi connectivity index (χ4v) is 9.41. The molecule has 0 saturated carbocycles. The van der Waals surface area contributed by atoms with Gasteiger partial charge in [-0.05, 0) is 128 Å². The van der Waals surface area contributed by atoms with E-state index in [4.69, 9.17) is 9.47 Å². The smallest absolute Gasteiger partial charge is 0.343 e. The summed E-state index contributed by atoms with van der Waals surface area (Å²) in [5.41, 5.74) is 0.525. The summed E-state index contributed by atoms with van der Waals surface area (Å²) in [5, 5.41) is 0. The maximum Gasteiger partial charge on any atom is 0.343 e. The Bertz CT molecular complexity index is 1270. The van der Waals surface area contributed by atoms with E-state index in [9.17, 15) is 4.79 Å². The molecule has 0 N–H and O–H groups in total. The summed E-state index contributed by atoms with van der Waals surface area (Å²) in [4.78, 5) is 16.3. The van der Waals surface area contributed by atoms with E-state index < -0.39 is 0 Å². The summed E-state index contributed by atoms with van der Waals surface area (Å²) < 4.78 is 14.8. The fraction of sp³-hybridized carbons (Fsp3) is 0. The molecule has 0 saturated heterocycles. The lowest BCUT2D eigenvalue weighted by Crippen LogP contribution is -2.13. The molecule has 5 rings (SSSR count). The number of benzene rings is 4. The molecular formula is C25H14I3O3S+. The standard InChI is InChI=1S/C25H14I3O3S/c26-16-13-18(27)24(19(28)14-16)31-25(29)15-9-11-17(12-10-15)32-22-7-3-1-5-20(22)30-21-6-2-4-8-23(21)32/h1-14H/q+1. The zero-order valence-corrected chi connectivity index (χ0v) is 23.6. The lowest BCUT2D eigenvalue weighted by atomic mass is 10.2. The third-order valence-corrected chi connectivity index (χ3v) is 9.36. The molecule has 32 heavy (non-hydrogen) atoms. The molecule has 0 aliphatic carbocycles. The van der Waals surface area contributed by atoms with Crippen LogP contribution in [-0.2, 0) is 10.9 Å². The second kappa shape index (κ2) is 9.51. The van der Waals surface area contributed by atoms with Crippen LogP contribution >= 0.6 is 67.8 Å². The highest BCUT2D eigenvalue weighted by Crippen LogP contribution is 2.46. The molecule has 4 aromatic carbocycles. The summed E-state index contributed by atoms with van der Waals surface area (Å²) in [7, 11) is -0.308. The molecule has 0 spiro atoms. The van der Waals surface area contributed by atoms with Crippen molar-refractivity contribution in [2.75, 3.05) is 0 Å². The fourth-order valence-electron chi connectivity index (χ4n) is 3.40. The van der Waals surface area contributed by atoms with E-state index in [2.05, 4.69) is 79.9 Å². The van der Waals surface area contributed by atoms with Gasteiger partial charge in [0.05, 0.1) is 12.7 Å². The van der Waals surface area contributed by atoms with Crippen molar-refractivity contribution in [2.24, 2.45) is 0 Å². The predicted octanol–water partition coefficient (Wildman–Crippen LogP) is 7.92. The monoisotopic (exact) mass is 775 g/mol. The summed E-state index contributed by atoms with van der Waals surface area (Å²) >= 11 is 6.66. The van der Waals surface area contributed by atoms with E-state index in [0.717, 1.165) is 36.9 Å². The number of carbonyl (C=O) groups is 1. The van der Waals surface area contributed by atoms with Crippen molar-refractivity contribution < 1.29 is 14.3 Å². The lowest BCUT2D eigenvalue weighted by molar-refractivity contribution is 0.0732. The Morgan fingerprint density at radius 3 is 1.84 bits per heavy atom. The van der Waals surface area contributed by atoms with Gasteiger partial charge >= 0.3 is 5.97 Å². The van der Waals surface area contributed by atoms with Crippen molar-refractivity contribution in [3.63, 3.8) is 0 Å². The van der Waals surface area contributed by atoms with Gasteiger partial charge in [0.25, 0.3) is 0 Å². The van der Waals surface area contributed by atoms with Crippen LogP contribution in [0, 0.1) is 10.7 Å². The first-order valence-electron chi connectivity index (χ1n) is 9.58. The molecule has 1 heterocycles. The minimum absolute atomic E-state index is 0.308. The second-order valence-electron chi connectivity index (χ2n) is 6.91. The van der Waals surface area contributed by atoms with Crippen LogP contribution in [0.3, 0.4) is 0 Å². The van der Waals surface area contributed by atoms with Gasteiger partial charge in [-0.3, -0.25) is 0 Å². The Morgan fingerprint density at radius 2 is 1.28 bits per heavy atom. The topological polar surface area (TPSA) is 35.5 Å². The van der Waals surface area contributed by atoms with Gasteiger partial charge in [0.1, 0.15) is 10.9 Å². The first-order valence-corrected chi connectivity index (χ1v) is 14.0. The molecule has 3 nitrogen and oxygen atoms in total. The van der Waals surface area contributed by atoms with E-state index >= 15 is 0 Å². The number of rotatable bonds is 3. The van der Waals surface area contributed by atoms with Crippen molar-refractivity contribution in [2.45, 2.75) is 14.7 Å². The van der Waals surface area contributed by atoms with Crippen molar-refractivity contribution in [1.29, 1.82) is 0 Å². The molecule has 158 valence electrons. The number of ether oxygens (including phenoxy) is 2. The average Bonchev–Trinajstić information content (AvgIpc) is 2.80. The number of fused-ring (bicyclic) bond motifs is 2. The first-order chi connectivity index (χ1) is 15.5. The Labute approximate surface area is 229 Å². The van der Waals surface area contributed by atoms with Gasteiger partial charge in [-0.15, -0.1) is 0 Å². The number of para-hydroxylation sites is 2. The third kappa shape index (κ3) is 4.40. The van der Waals surface area contributed by atoms with Gasteiger partial charge < -0.3 is 9.47 Å². The highest BCUT2D eigenvalue weighted by Gasteiger charge is 2.38. The summed E-state index contributed by atoms with van der Waals surface area (Å²) in [5.74, 6) is 2.00. The Balaban J connectivity index is 1.47. The summed E-state index contributed by atoms with van der Waals surface area (Å²) in [6.07, 6.45) is 0. The normalized spacial score (nSPS) is 12.5. The van der Waals surface area contributed by atoms with E-state index in [-0.39, 0.29) is 16.9 Å².